The zero-order valence-electron chi connectivity index (χ0n) is 14.7. The number of rotatable bonds is 8. The highest BCUT2D eigenvalue weighted by Crippen LogP contribution is 2.15. The lowest BCUT2D eigenvalue weighted by Gasteiger charge is -2.18. The minimum atomic E-state index is -1.03. The number of amides is 1. The Balaban J connectivity index is 2.00. The van der Waals surface area contributed by atoms with Gasteiger partial charge < -0.3 is 14.7 Å². The largest absolute Gasteiger partial charge is 0.482 e. The van der Waals surface area contributed by atoms with Crippen LogP contribution in [0.1, 0.15) is 21.5 Å². The van der Waals surface area contributed by atoms with Crippen molar-refractivity contribution in [3.8, 4) is 5.75 Å². The first kappa shape index (κ1) is 19.7. The summed E-state index contributed by atoms with van der Waals surface area (Å²) in [6.07, 6.45) is 1.63. The van der Waals surface area contributed by atoms with Crippen molar-refractivity contribution in [1.29, 1.82) is 0 Å². The molecular formula is C19H21NO5S. The second-order valence-corrected chi connectivity index (χ2v) is 7.34. The van der Waals surface area contributed by atoms with E-state index in [2.05, 4.69) is 0 Å². The van der Waals surface area contributed by atoms with Crippen LogP contribution in [0, 0.1) is 0 Å². The van der Waals surface area contributed by atoms with E-state index in [1.165, 1.54) is 0 Å². The number of carbonyl (C=O) groups excluding carboxylic acids is 1. The molecule has 0 aliphatic carbocycles. The molecule has 7 heteroatoms. The molecule has 6 nitrogen and oxygen atoms in total. The molecule has 0 saturated carbocycles. The summed E-state index contributed by atoms with van der Waals surface area (Å²) in [6, 6.07) is 14.1. The van der Waals surface area contributed by atoms with E-state index in [0.29, 0.717) is 23.6 Å². The molecule has 2 aromatic carbocycles. The van der Waals surface area contributed by atoms with E-state index in [1.807, 2.05) is 6.07 Å². The molecule has 2 rings (SSSR count). The van der Waals surface area contributed by atoms with E-state index in [9.17, 15) is 13.8 Å². The average Bonchev–Trinajstić information content (AvgIpc) is 2.60. The fraction of sp³-hybridized carbons (Fsp3) is 0.263. The predicted octanol–water partition coefficient (Wildman–Crippen LogP) is 2.30. The molecule has 0 aromatic heterocycles. The van der Waals surface area contributed by atoms with Crippen LogP contribution in [0.15, 0.2) is 48.5 Å². The molecule has 0 spiro atoms. The summed E-state index contributed by atoms with van der Waals surface area (Å²) >= 11 is 0. The summed E-state index contributed by atoms with van der Waals surface area (Å²) in [5, 5.41) is 8.60. The third kappa shape index (κ3) is 6.00. The Labute approximate surface area is 154 Å². The van der Waals surface area contributed by atoms with E-state index < -0.39 is 23.4 Å². The van der Waals surface area contributed by atoms with Gasteiger partial charge in [-0.25, -0.2) is 4.79 Å². The Morgan fingerprint density at radius 3 is 2.42 bits per heavy atom. The van der Waals surface area contributed by atoms with Gasteiger partial charge in [0, 0.05) is 42.0 Å². The van der Waals surface area contributed by atoms with Gasteiger partial charge in [-0.3, -0.25) is 9.00 Å². The van der Waals surface area contributed by atoms with Gasteiger partial charge in [0.2, 0.25) is 0 Å². The first-order valence-electron chi connectivity index (χ1n) is 7.93. The van der Waals surface area contributed by atoms with Gasteiger partial charge in [-0.1, -0.05) is 24.3 Å². The van der Waals surface area contributed by atoms with Crippen molar-refractivity contribution in [1.82, 2.24) is 4.90 Å². The lowest BCUT2D eigenvalue weighted by atomic mass is 10.1. The predicted molar refractivity (Wildman–Crippen MR) is 99.6 cm³/mol. The van der Waals surface area contributed by atoms with Gasteiger partial charge in [-0.05, 0) is 35.4 Å². The van der Waals surface area contributed by atoms with Crippen molar-refractivity contribution < 1.29 is 23.6 Å². The zero-order valence-corrected chi connectivity index (χ0v) is 15.5. The Hall–Kier alpha value is -2.67. The molecule has 1 amide bonds. The summed E-state index contributed by atoms with van der Waals surface area (Å²) < 4.78 is 16.4. The quantitative estimate of drug-likeness (QED) is 0.765. The van der Waals surface area contributed by atoms with Crippen LogP contribution in [-0.4, -0.2) is 46.0 Å². The Morgan fingerprint density at radius 2 is 1.81 bits per heavy atom. The van der Waals surface area contributed by atoms with E-state index in [0.717, 1.165) is 11.1 Å². The molecule has 26 heavy (non-hydrogen) atoms. The minimum Gasteiger partial charge on any atom is -0.482 e. The fourth-order valence-electron chi connectivity index (χ4n) is 2.43. The van der Waals surface area contributed by atoms with Gasteiger partial charge in [-0.2, -0.15) is 0 Å². The van der Waals surface area contributed by atoms with E-state index in [1.54, 1.807) is 60.7 Å². The highest BCUT2D eigenvalue weighted by Gasteiger charge is 2.13. The number of nitrogens with zero attached hydrogens (tertiary/aromatic N) is 1. The second kappa shape index (κ2) is 9.15. The number of carboxylic acid groups (broad SMARTS) is 1. The molecular weight excluding hydrogens is 354 g/mol. The number of carboxylic acids is 1. The molecule has 1 unspecified atom stereocenters. The third-order valence-corrected chi connectivity index (χ3v) is 4.34. The lowest BCUT2D eigenvalue weighted by Crippen LogP contribution is -2.26. The SMILES string of the molecule is CN(Cc1ccc(OCC(=O)O)cc1)C(=O)c1cccc(CS(C)=O)c1. The van der Waals surface area contributed by atoms with Gasteiger partial charge >= 0.3 is 5.97 Å². The van der Waals surface area contributed by atoms with Gasteiger partial charge in [0.15, 0.2) is 6.61 Å². The first-order chi connectivity index (χ1) is 12.3. The maximum atomic E-state index is 12.6. The average molecular weight is 375 g/mol. The molecule has 0 aliphatic heterocycles. The van der Waals surface area contributed by atoms with Crippen LogP contribution in [-0.2, 0) is 27.9 Å². The van der Waals surface area contributed by atoms with Gasteiger partial charge in [0.1, 0.15) is 5.75 Å². The Morgan fingerprint density at radius 1 is 1.12 bits per heavy atom. The number of aliphatic carboxylic acids is 1. The first-order valence-corrected chi connectivity index (χ1v) is 9.66. The van der Waals surface area contributed by atoms with Crippen molar-refractivity contribution in [3.05, 3.63) is 65.2 Å². The van der Waals surface area contributed by atoms with Crippen molar-refractivity contribution in [2.24, 2.45) is 0 Å². The maximum absolute atomic E-state index is 12.6. The van der Waals surface area contributed by atoms with Crippen LogP contribution in [0.5, 0.6) is 5.75 Å². The van der Waals surface area contributed by atoms with Crippen molar-refractivity contribution in [2.45, 2.75) is 12.3 Å². The highest BCUT2D eigenvalue weighted by molar-refractivity contribution is 7.83. The lowest BCUT2D eigenvalue weighted by molar-refractivity contribution is -0.139. The van der Waals surface area contributed by atoms with E-state index in [-0.39, 0.29) is 5.91 Å². The molecule has 0 aliphatic rings. The third-order valence-electron chi connectivity index (χ3n) is 3.60. The monoisotopic (exact) mass is 375 g/mol. The molecule has 1 N–H and O–H groups in total. The van der Waals surface area contributed by atoms with Crippen molar-refractivity contribution in [2.75, 3.05) is 19.9 Å². The molecule has 0 fully saturated rings. The van der Waals surface area contributed by atoms with Crippen LogP contribution < -0.4 is 4.74 Å². The smallest absolute Gasteiger partial charge is 0.341 e. The number of hydrogen-bond donors (Lipinski definition) is 1. The van der Waals surface area contributed by atoms with Crippen LogP contribution >= 0.6 is 0 Å². The topological polar surface area (TPSA) is 83.9 Å². The number of carbonyl (C=O) groups is 2. The van der Waals surface area contributed by atoms with Crippen LogP contribution in [0.4, 0.5) is 0 Å². The zero-order chi connectivity index (χ0) is 19.1. The summed E-state index contributed by atoms with van der Waals surface area (Å²) in [4.78, 5) is 24.7. The normalized spacial score (nSPS) is 11.6. The fourth-order valence-corrected chi connectivity index (χ4v) is 3.08. The molecule has 0 saturated heterocycles. The van der Waals surface area contributed by atoms with Crippen molar-refractivity contribution in [3.63, 3.8) is 0 Å². The van der Waals surface area contributed by atoms with Crippen LogP contribution in [0.25, 0.3) is 0 Å². The van der Waals surface area contributed by atoms with Gasteiger partial charge in [0.25, 0.3) is 5.91 Å². The van der Waals surface area contributed by atoms with E-state index in [4.69, 9.17) is 9.84 Å². The summed E-state index contributed by atoms with van der Waals surface area (Å²) in [7, 11) is 0.749. The molecule has 1 atom stereocenters. The standard InChI is InChI=1S/C19H21NO5S/c1-20(11-14-6-8-17(9-7-14)25-12-18(21)22)19(23)16-5-3-4-15(10-16)13-26(2)24/h3-10H,11-13H2,1-2H3,(H,21,22). The second-order valence-electron chi connectivity index (χ2n) is 5.91. The maximum Gasteiger partial charge on any atom is 0.341 e. The van der Waals surface area contributed by atoms with E-state index >= 15 is 0 Å². The Kier molecular flexibility index (Phi) is 6.91. The van der Waals surface area contributed by atoms with Gasteiger partial charge in [-0.15, -0.1) is 0 Å². The number of hydrogen-bond acceptors (Lipinski definition) is 4. The van der Waals surface area contributed by atoms with Gasteiger partial charge in [0.05, 0.1) is 0 Å². The minimum absolute atomic E-state index is 0.125. The van der Waals surface area contributed by atoms with Crippen LogP contribution in [0.2, 0.25) is 0 Å². The summed E-state index contributed by atoms with van der Waals surface area (Å²) in [6.45, 7) is 0.0125. The van der Waals surface area contributed by atoms with Crippen molar-refractivity contribution >= 4 is 22.7 Å². The summed E-state index contributed by atoms with van der Waals surface area (Å²) in [5.74, 6) is -0.276. The molecule has 2 aromatic rings. The summed E-state index contributed by atoms with van der Waals surface area (Å²) in [5.41, 5.74) is 2.32. The molecule has 0 heterocycles. The van der Waals surface area contributed by atoms with Crippen LogP contribution in [0.3, 0.4) is 0 Å². The highest BCUT2D eigenvalue weighted by atomic mass is 32.2. The Bertz CT molecular complexity index is 804. The molecule has 0 bridgehead atoms. The number of benzene rings is 2. The number of ether oxygens (including phenoxy) is 1. The molecule has 138 valence electrons. The molecule has 0 radical (unpaired) electrons.